The van der Waals surface area contributed by atoms with Crippen LogP contribution >= 0.6 is 35.0 Å². The van der Waals surface area contributed by atoms with Crippen LogP contribution in [0.15, 0.2) is 40.3 Å². The number of carbonyl (C=O) groups excluding carboxylic acids is 1. The Balaban J connectivity index is 1.51. The van der Waals surface area contributed by atoms with Crippen LogP contribution in [0.25, 0.3) is 0 Å². The van der Waals surface area contributed by atoms with Gasteiger partial charge < -0.3 is 9.47 Å². The second-order valence-corrected chi connectivity index (χ2v) is 10.8. The van der Waals surface area contributed by atoms with Crippen molar-refractivity contribution in [2.24, 2.45) is 15.9 Å². The lowest BCUT2D eigenvalue weighted by molar-refractivity contribution is -0.120. The molecule has 5 rings (SSSR count). The lowest BCUT2D eigenvalue weighted by Crippen LogP contribution is -2.44. The van der Waals surface area contributed by atoms with Crippen molar-refractivity contribution < 1.29 is 14.3 Å². The highest BCUT2D eigenvalue weighted by molar-refractivity contribution is 8.13. The number of fused-ring (bicyclic) bond motifs is 3. The van der Waals surface area contributed by atoms with E-state index in [1.165, 1.54) is 19.3 Å². The molecule has 0 bridgehead atoms. The number of rotatable bonds is 6. The second kappa shape index (κ2) is 10.4. The van der Waals surface area contributed by atoms with Crippen LogP contribution in [-0.2, 0) is 10.5 Å². The van der Waals surface area contributed by atoms with Gasteiger partial charge >= 0.3 is 0 Å². The summed E-state index contributed by atoms with van der Waals surface area (Å²) in [6, 6.07) is 8.84. The van der Waals surface area contributed by atoms with Crippen molar-refractivity contribution in [2.45, 2.75) is 50.3 Å². The lowest BCUT2D eigenvalue weighted by atomic mass is 9.84. The third-order valence-corrected chi connectivity index (χ3v) is 8.45. The van der Waals surface area contributed by atoms with E-state index in [1.807, 2.05) is 29.2 Å². The Labute approximate surface area is 219 Å². The zero-order chi connectivity index (χ0) is 24.5. The zero-order valence-electron chi connectivity index (χ0n) is 19.7. The van der Waals surface area contributed by atoms with Crippen LogP contribution in [-0.4, -0.2) is 42.1 Å². The smallest absolute Gasteiger partial charge is 0.270 e. The predicted molar refractivity (Wildman–Crippen MR) is 143 cm³/mol. The Bertz CT molecular complexity index is 1210. The Hall–Kier alpha value is -2.22. The van der Waals surface area contributed by atoms with Crippen molar-refractivity contribution in [2.75, 3.05) is 14.2 Å². The summed E-state index contributed by atoms with van der Waals surface area (Å²) >= 11 is 14.1. The van der Waals surface area contributed by atoms with E-state index in [1.54, 1.807) is 32.0 Å². The van der Waals surface area contributed by atoms with E-state index in [0.29, 0.717) is 44.7 Å². The van der Waals surface area contributed by atoms with E-state index in [0.717, 1.165) is 35.6 Å². The van der Waals surface area contributed by atoms with Gasteiger partial charge in [0.05, 0.1) is 19.9 Å². The molecule has 1 aliphatic carbocycles. The van der Waals surface area contributed by atoms with Crippen LogP contribution in [0.3, 0.4) is 0 Å². The number of halogens is 2. The SMILES string of the molecule is COc1cc2c(cc1OC)C1=NC(=O)[C@H](CC3CCCCC3)N1C(SCc1ccc(Cl)cc1Cl)=N2. The van der Waals surface area contributed by atoms with E-state index in [-0.39, 0.29) is 11.9 Å². The maximum atomic E-state index is 13.2. The number of benzene rings is 2. The third-order valence-electron chi connectivity index (χ3n) is 6.86. The number of methoxy groups -OCH3 is 2. The number of thioether (sulfide) groups is 1. The number of nitrogens with zero attached hydrogens (tertiary/aromatic N) is 3. The number of hydrogen-bond donors (Lipinski definition) is 0. The monoisotopic (exact) mass is 531 g/mol. The summed E-state index contributed by atoms with van der Waals surface area (Å²) in [6.07, 6.45) is 6.84. The molecule has 184 valence electrons. The molecule has 1 saturated carbocycles. The fourth-order valence-electron chi connectivity index (χ4n) is 5.03. The molecule has 2 aromatic carbocycles. The van der Waals surface area contributed by atoms with Crippen LogP contribution < -0.4 is 9.47 Å². The molecule has 0 aromatic heterocycles. The maximum Gasteiger partial charge on any atom is 0.270 e. The summed E-state index contributed by atoms with van der Waals surface area (Å²) in [7, 11) is 3.19. The molecule has 1 amide bonds. The predicted octanol–water partition coefficient (Wildman–Crippen LogP) is 6.87. The molecule has 0 radical (unpaired) electrons. The van der Waals surface area contributed by atoms with Gasteiger partial charge in [0.1, 0.15) is 11.9 Å². The minimum Gasteiger partial charge on any atom is -0.493 e. The second-order valence-electron chi connectivity index (χ2n) is 9.04. The number of hydrogen-bond acceptors (Lipinski definition) is 6. The van der Waals surface area contributed by atoms with Crippen molar-refractivity contribution >= 4 is 57.6 Å². The largest absolute Gasteiger partial charge is 0.493 e. The molecule has 3 aliphatic rings. The lowest BCUT2D eigenvalue weighted by Gasteiger charge is -2.33. The molecule has 2 aliphatic heterocycles. The highest BCUT2D eigenvalue weighted by atomic mass is 35.5. The van der Waals surface area contributed by atoms with Crippen LogP contribution in [0.2, 0.25) is 10.0 Å². The molecule has 0 saturated heterocycles. The summed E-state index contributed by atoms with van der Waals surface area (Å²) in [5.41, 5.74) is 2.43. The van der Waals surface area contributed by atoms with E-state index < -0.39 is 0 Å². The number of aliphatic imine (C=N–C) groups is 2. The summed E-state index contributed by atoms with van der Waals surface area (Å²) in [4.78, 5) is 24.8. The Kier molecular flexibility index (Phi) is 7.28. The number of carbonyl (C=O) groups is 1. The summed E-state index contributed by atoms with van der Waals surface area (Å²) < 4.78 is 11.0. The summed E-state index contributed by atoms with van der Waals surface area (Å²) in [6.45, 7) is 0. The maximum absolute atomic E-state index is 13.2. The Morgan fingerprint density at radius 1 is 1.03 bits per heavy atom. The molecular weight excluding hydrogens is 505 g/mol. The normalized spacial score (nSPS) is 19.7. The van der Waals surface area contributed by atoms with E-state index in [2.05, 4.69) is 4.99 Å². The van der Waals surface area contributed by atoms with E-state index in [9.17, 15) is 4.79 Å². The highest BCUT2D eigenvalue weighted by Gasteiger charge is 2.43. The molecule has 0 unspecified atom stereocenters. The molecule has 1 atom stereocenters. The van der Waals surface area contributed by atoms with Crippen LogP contribution in [0.5, 0.6) is 11.5 Å². The molecule has 2 aromatic rings. The fourth-order valence-corrected chi connectivity index (χ4v) is 6.64. The van der Waals surface area contributed by atoms with Gasteiger partial charge in [-0.2, -0.15) is 4.99 Å². The standard InChI is InChI=1S/C26H27Cl2N3O3S/c1-33-22-12-18-20(13-23(22)34-2)29-26(35-14-16-8-9-17(27)11-19(16)28)31-21(25(32)30-24(18)31)10-15-6-4-3-5-7-15/h8-9,11-13,15,21H,3-7,10,14H2,1-2H3/t21-/m0/s1. The molecule has 9 heteroatoms. The van der Waals surface area contributed by atoms with Gasteiger partial charge in [-0.1, -0.05) is 73.1 Å². The van der Waals surface area contributed by atoms with Gasteiger partial charge in [0.15, 0.2) is 16.7 Å². The zero-order valence-corrected chi connectivity index (χ0v) is 22.1. The van der Waals surface area contributed by atoms with Crippen molar-refractivity contribution in [3.8, 4) is 11.5 Å². The first kappa shape index (κ1) is 24.5. The van der Waals surface area contributed by atoms with Gasteiger partial charge in [0, 0.05) is 27.4 Å². The summed E-state index contributed by atoms with van der Waals surface area (Å²) in [5.74, 6) is 2.80. The third kappa shape index (κ3) is 4.91. The quantitative estimate of drug-likeness (QED) is 0.406. The van der Waals surface area contributed by atoms with Crippen molar-refractivity contribution in [1.29, 1.82) is 0 Å². The molecule has 0 spiro atoms. The van der Waals surface area contributed by atoms with E-state index in [4.69, 9.17) is 37.7 Å². The molecule has 1 fully saturated rings. The van der Waals surface area contributed by atoms with Gasteiger partial charge in [-0.15, -0.1) is 0 Å². The summed E-state index contributed by atoms with van der Waals surface area (Å²) in [5, 5.41) is 1.94. The average Bonchev–Trinajstić information content (AvgIpc) is 3.19. The molecule has 35 heavy (non-hydrogen) atoms. The first-order valence-corrected chi connectivity index (χ1v) is 13.6. The highest BCUT2D eigenvalue weighted by Crippen LogP contribution is 2.43. The Morgan fingerprint density at radius 2 is 1.77 bits per heavy atom. The molecular formula is C26H27Cl2N3O3S. The first-order chi connectivity index (χ1) is 17.0. The van der Waals surface area contributed by atoms with Gasteiger partial charge in [-0.05, 0) is 36.1 Å². The molecule has 6 nitrogen and oxygen atoms in total. The minimum absolute atomic E-state index is 0.106. The number of amides is 1. The van der Waals surface area contributed by atoms with Crippen molar-refractivity contribution in [3.63, 3.8) is 0 Å². The van der Waals surface area contributed by atoms with Crippen molar-refractivity contribution in [1.82, 2.24) is 4.90 Å². The number of amidine groups is 2. The Morgan fingerprint density at radius 3 is 2.49 bits per heavy atom. The minimum atomic E-state index is -0.346. The van der Waals surface area contributed by atoms with E-state index >= 15 is 0 Å². The molecule has 2 heterocycles. The van der Waals surface area contributed by atoms with Crippen LogP contribution in [0, 0.1) is 5.92 Å². The number of ether oxygens (including phenoxy) is 2. The van der Waals surface area contributed by atoms with Gasteiger partial charge in [-0.25, -0.2) is 4.99 Å². The van der Waals surface area contributed by atoms with Gasteiger partial charge in [0.2, 0.25) is 0 Å². The van der Waals surface area contributed by atoms with Gasteiger partial charge in [0.25, 0.3) is 5.91 Å². The topological polar surface area (TPSA) is 63.5 Å². The fraction of sp³-hybridized carbons (Fsp3) is 0.423. The van der Waals surface area contributed by atoms with Crippen LogP contribution in [0.1, 0.15) is 49.7 Å². The van der Waals surface area contributed by atoms with Crippen molar-refractivity contribution in [3.05, 3.63) is 51.5 Å². The average molecular weight is 532 g/mol. The molecule has 0 N–H and O–H groups in total. The van der Waals surface area contributed by atoms with Crippen LogP contribution in [0.4, 0.5) is 5.69 Å². The van der Waals surface area contributed by atoms with Gasteiger partial charge in [-0.3, -0.25) is 9.69 Å². The first-order valence-electron chi connectivity index (χ1n) is 11.8.